The van der Waals surface area contributed by atoms with Gasteiger partial charge in [-0.15, -0.1) is 0 Å². The van der Waals surface area contributed by atoms with Crippen molar-refractivity contribution in [3.05, 3.63) is 47.0 Å². The number of para-hydroxylation sites is 1. The Labute approximate surface area is 116 Å². The molecular formula is C15H13ClN2O. The highest BCUT2D eigenvalue weighted by atomic mass is 35.5. The summed E-state index contributed by atoms with van der Waals surface area (Å²) in [5.74, 6) is 1.01. The fraction of sp³-hybridized carbons (Fsp3) is 0.133. The van der Waals surface area contributed by atoms with Crippen LogP contribution in [0.2, 0.25) is 5.02 Å². The third-order valence-corrected chi connectivity index (χ3v) is 3.56. The van der Waals surface area contributed by atoms with E-state index in [9.17, 15) is 5.11 Å². The quantitative estimate of drug-likeness (QED) is 0.729. The predicted octanol–water partition coefficient (Wildman–Crippen LogP) is 3.91. The van der Waals surface area contributed by atoms with Gasteiger partial charge in [0.1, 0.15) is 11.6 Å². The molecule has 0 fully saturated rings. The second kappa shape index (κ2) is 4.28. The zero-order chi connectivity index (χ0) is 13.6. The molecule has 1 aromatic heterocycles. The topological polar surface area (TPSA) is 38.0 Å². The van der Waals surface area contributed by atoms with Gasteiger partial charge in [0, 0.05) is 12.1 Å². The number of aryl methyl sites for hydroxylation is 2. The lowest BCUT2D eigenvalue weighted by molar-refractivity contribution is 0.472. The SMILES string of the molecule is Cc1cccc(-c2nc3ccc(Cl)cc3n2C)c1O. The number of hydrogen-bond donors (Lipinski definition) is 1. The van der Waals surface area contributed by atoms with Crippen molar-refractivity contribution in [3.63, 3.8) is 0 Å². The Morgan fingerprint density at radius 3 is 2.79 bits per heavy atom. The Balaban J connectivity index is 2.31. The van der Waals surface area contributed by atoms with Gasteiger partial charge >= 0.3 is 0 Å². The van der Waals surface area contributed by atoms with Crippen molar-refractivity contribution in [3.8, 4) is 17.1 Å². The van der Waals surface area contributed by atoms with E-state index in [-0.39, 0.29) is 5.75 Å². The van der Waals surface area contributed by atoms with Crippen LogP contribution in [0.4, 0.5) is 0 Å². The highest BCUT2D eigenvalue weighted by molar-refractivity contribution is 6.31. The molecule has 1 heterocycles. The van der Waals surface area contributed by atoms with Gasteiger partial charge in [-0.05, 0) is 36.8 Å². The molecule has 0 saturated carbocycles. The Morgan fingerprint density at radius 2 is 2.00 bits per heavy atom. The van der Waals surface area contributed by atoms with Crippen LogP contribution in [0.1, 0.15) is 5.56 Å². The highest BCUT2D eigenvalue weighted by Crippen LogP contribution is 2.33. The van der Waals surface area contributed by atoms with Gasteiger partial charge in [-0.2, -0.15) is 0 Å². The fourth-order valence-electron chi connectivity index (χ4n) is 2.24. The summed E-state index contributed by atoms with van der Waals surface area (Å²) in [6.07, 6.45) is 0. The van der Waals surface area contributed by atoms with Gasteiger partial charge in [-0.3, -0.25) is 0 Å². The van der Waals surface area contributed by atoms with E-state index in [4.69, 9.17) is 11.6 Å². The molecule has 3 nitrogen and oxygen atoms in total. The van der Waals surface area contributed by atoms with Crippen molar-refractivity contribution in [1.82, 2.24) is 9.55 Å². The summed E-state index contributed by atoms with van der Waals surface area (Å²) in [6, 6.07) is 11.2. The number of halogens is 1. The van der Waals surface area contributed by atoms with E-state index >= 15 is 0 Å². The molecule has 96 valence electrons. The summed E-state index contributed by atoms with van der Waals surface area (Å²) < 4.78 is 1.94. The molecule has 0 bridgehead atoms. The van der Waals surface area contributed by atoms with Gasteiger partial charge in [0.05, 0.1) is 16.6 Å². The van der Waals surface area contributed by atoms with Gasteiger partial charge in [0.2, 0.25) is 0 Å². The second-order valence-corrected chi connectivity index (χ2v) is 5.03. The third kappa shape index (κ3) is 1.87. The number of imidazole rings is 1. The van der Waals surface area contributed by atoms with Gasteiger partial charge in [-0.1, -0.05) is 23.7 Å². The van der Waals surface area contributed by atoms with Crippen molar-refractivity contribution < 1.29 is 5.11 Å². The molecule has 19 heavy (non-hydrogen) atoms. The third-order valence-electron chi connectivity index (χ3n) is 3.32. The van der Waals surface area contributed by atoms with Crippen LogP contribution in [0.3, 0.4) is 0 Å². The van der Waals surface area contributed by atoms with E-state index in [0.717, 1.165) is 28.0 Å². The van der Waals surface area contributed by atoms with E-state index in [2.05, 4.69) is 4.98 Å². The zero-order valence-electron chi connectivity index (χ0n) is 10.7. The molecule has 1 N–H and O–H groups in total. The Kier molecular flexibility index (Phi) is 2.72. The number of nitrogens with zero attached hydrogens (tertiary/aromatic N) is 2. The van der Waals surface area contributed by atoms with E-state index in [0.29, 0.717) is 5.02 Å². The number of aromatic nitrogens is 2. The summed E-state index contributed by atoms with van der Waals surface area (Å²) >= 11 is 6.01. The molecule has 3 rings (SSSR count). The van der Waals surface area contributed by atoms with Crippen LogP contribution >= 0.6 is 11.6 Å². The first-order valence-electron chi connectivity index (χ1n) is 5.99. The lowest BCUT2D eigenvalue weighted by Gasteiger charge is -2.07. The Bertz CT molecular complexity index is 777. The van der Waals surface area contributed by atoms with Crippen LogP contribution in [0.15, 0.2) is 36.4 Å². The van der Waals surface area contributed by atoms with E-state index in [1.807, 2.05) is 54.9 Å². The smallest absolute Gasteiger partial charge is 0.144 e. The zero-order valence-corrected chi connectivity index (χ0v) is 11.4. The van der Waals surface area contributed by atoms with E-state index in [1.54, 1.807) is 0 Å². The van der Waals surface area contributed by atoms with Crippen LogP contribution in [-0.2, 0) is 7.05 Å². The van der Waals surface area contributed by atoms with Gasteiger partial charge < -0.3 is 9.67 Å². The number of aromatic hydroxyl groups is 1. The average molecular weight is 273 g/mol. The highest BCUT2D eigenvalue weighted by Gasteiger charge is 2.14. The summed E-state index contributed by atoms with van der Waals surface area (Å²) in [6.45, 7) is 1.87. The molecule has 0 spiro atoms. The van der Waals surface area contributed by atoms with Crippen LogP contribution in [-0.4, -0.2) is 14.7 Å². The molecule has 0 atom stereocenters. The number of rotatable bonds is 1. The first-order chi connectivity index (χ1) is 9.08. The minimum Gasteiger partial charge on any atom is -0.507 e. The molecule has 2 aromatic carbocycles. The Morgan fingerprint density at radius 1 is 1.21 bits per heavy atom. The number of benzene rings is 2. The van der Waals surface area contributed by atoms with Crippen LogP contribution < -0.4 is 0 Å². The molecule has 0 amide bonds. The minimum absolute atomic E-state index is 0.270. The van der Waals surface area contributed by atoms with Crippen LogP contribution in [0, 0.1) is 6.92 Å². The molecule has 0 aliphatic carbocycles. The molecule has 0 saturated heterocycles. The Hall–Kier alpha value is -2.00. The summed E-state index contributed by atoms with van der Waals surface area (Å²) in [5.41, 5.74) is 3.38. The molecule has 3 aromatic rings. The predicted molar refractivity (Wildman–Crippen MR) is 77.6 cm³/mol. The lowest BCUT2D eigenvalue weighted by Crippen LogP contribution is -1.93. The fourth-order valence-corrected chi connectivity index (χ4v) is 2.41. The normalized spacial score (nSPS) is 11.1. The average Bonchev–Trinajstić information content (AvgIpc) is 2.70. The molecule has 4 heteroatoms. The molecule has 0 aliphatic heterocycles. The molecular weight excluding hydrogens is 260 g/mol. The standard InChI is InChI=1S/C15H13ClN2O/c1-9-4-3-5-11(14(9)19)15-17-12-7-6-10(16)8-13(12)18(15)2/h3-8,19H,1-2H3. The maximum Gasteiger partial charge on any atom is 0.144 e. The molecule has 0 radical (unpaired) electrons. The van der Waals surface area contributed by atoms with E-state index in [1.165, 1.54) is 0 Å². The van der Waals surface area contributed by atoms with Crippen molar-refractivity contribution in [2.24, 2.45) is 7.05 Å². The van der Waals surface area contributed by atoms with Gasteiger partial charge in [0.25, 0.3) is 0 Å². The summed E-state index contributed by atoms with van der Waals surface area (Å²) in [4.78, 5) is 4.57. The first kappa shape index (κ1) is 12.1. The number of hydrogen-bond acceptors (Lipinski definition) is 2. The van der Waals surface area contributed by atoms with Crippen molar-refractivity contribution in [2.45, 2.75) is 6.92 Å². The molecule has 0 unspecified atom stereocenters. The minimum atomic E-state index is 0.270. The number of phenols is 1. The van der Waals surface area contributed by atoms with Crippen molar-refractivity contribution in [2.75, 3.05) is 0 Å². The van der Waals surface area contributed by atoms with Crippen LogP contribution in [0.25, 0.3) is 22.4 Å². The van der Waals surface area contributed by atoms with Crippen LogP contribution in [0.5, 0.6) is 5.75 Å². The monoisotopic (exact) mass is 272 g/mol. The second-order valence-electron chi connectivity index (χ2n) is 4.60. The largest absolute Gasteiger partial charge is 0.507 e. The van der Waals surface area contributed by atoms with Gasteiger partial charge in [0.15, 0.2) is 0 Å². The van der Waals surface area contributed by atoms with Crippen molar-refractivity contribution >= 4 is 22.6 Å². The van der Waals surface area contributed by atoms with E-state index < -0.39 is 0 Å². The van der Waals surface area contributed by atoms with Crippen molar-refractivity contribution in [1.29, 1.82) is 0 Å². The number of phenolic OH excluding ortho intramolecular Hbond substituents is 1. The maximum atomic E-state index is 10.2. The lowest BCUT2D eigenvalue weighted by atomic mass is 10.1. The van der Waals surface area contributed by atoms with Gasteiger partial charge in [-0.25, -0.2) is 4.98 Å². The maximum absolute atomic E-state index is 10.2. The number of fused-ring (bicyclic) bond motifs is 1. The summed E-state index contributed by atoms with van der Waals surface area (Å²) in [7, 11) is 1.92. The summed E-state index contributed by atoms with van der Waals surface area (Å²) in [5, 5.41) is 10.9. The first-order valence-corrected chi connectivity index (χ1v) is 6.36. The molecule has 0 aliphatic rings.